The molecule has 0 amide bonds. The van der Waals surface area contributed by atoms with E-state index in [9.17, 15) is 0 Å². The summed E-state index contributed by atoms with van der Waals surface area (Å²) in [5.41, 5.74) is 0. The van der Waals surface area contributed by atoms with Crippen LogP contribution in [0.3, 0.4) is 0 Å². The van der Waals surface area contributed by atoms with Crippen molar-refractivity contribution in [1.29, 1.82) is 0 Å². The number of hydrogen-bond donors (Lipinski definition) is 1. The van der Waals surface area contributed by atoms with Crippen LogP contribution in [-0.4, -0.2) is 50.4 Å². The van der Waals surface area contributed by atoms with Crippen LogP contribution in [0.15, 0.2) is 4.99 Å². The zero-order valence-corrected chi connectivity index (χ0v) is 11.3. The predicted molar refractivity (Wildman–Crippen MR) is 69.2 cm³/mol. The highest BCUT2D eigenvalue weighted by atomic mass is 32.2. The largest absolute Gasteiger partial charge is 0.382 e. The Balaban J connectivity index is 2.35. The zero-order chi connectivity index (χ0) is 12.0. The van der Waals surface area contributed by atoms with Gasteiger partial charge in [-0.15, -0.1) is 0 Å². The topological polar surface area (TPSA) is 42.8 Å². The summed E-state index contributed by atoms with van der Waals surface area (Å²) in [6.07, 6.45) is 0.0537. The van der Waals surface area contributed by atoms with Gasteiger partial charge in [0.15, 0.2) is 5.17 Å². The number of rotatable bonds is 6. The molecule has 4 nitrogen and oxygen atoms in total. The lowest BCUT2D eigenvalue weighted by Gasteiger charge is -2.14. The van der Waals surface area contributed by atoms with Gasteiger partial charge < -0.3 is 14.8 Å². The second-order valence-electron chi connectivity index (χ2n) is 4.26. The summed E-state index contributed by atoms with van der Waals surface area (Å²) in [4.78, 5) is 4.51. The third kappa shape index (κ3) is 4.31. The molecule has 1 heterocycles. The quantitative estimate of drug-likeness (QED) is 0.768. The molecule has 1 N–H and O–H groups in total. The van der Waals surface area contributed by atoms with Gasteiger partial charge in [-0.05, 0) is 5.92 Å². The lowest BCUT2D eigenvalue weighted by Crippen LogP contribution is -2.32. The fraction of sp³-hybridized carbons (Fsp3) is 0.909. The fourth-order valence-corrected chi connectivity index (χ4v) is 2.63. The highest BCUT2D eigenvalue weighted by Gasteiger charge is 2.22. The van der Waals surface area contributed by atoms with Crippen LogP contribution < -0.4 is 5.32 Å². The second-order valence-corrected chi connectivity index (χ2v) is 5.27. The van der Waals surface area contributed by atoms with Crippen molar-refractivity contribution < 1.29 is 9.47 Å². The number of thioether (sulfide) groups is 1. The van der Waals surface area contributed by atoms with E-state index in [-0.39, 0.29) is 6.10 Å². The van der Waals surface area contributed by atoms with Crippen LogP contribution in [-0.2, 0) is 9.47 Å². The van der Waals surface area contributed by atoms with E-state index in [0.717, 1.165) is 10.9 Å². The van der Waals surface area contributed by atoms with Gasteiger partial charge in [-0.2, -0.15) is 0 Å². The molecular formula is C11H22N2O2S. The monoisotopic (exact) mass is 246 g/mol. The lowest BCUT2D eigenvalue weighted by atomic mass is 10.1. The maximum atomic E-state index is 5.26. The van der Waals surface area contributed by atoms with Crippen molar-refractivity contribution in [3.63, 3.8) is 0 Å². The van der Waals surface area contributed by atoms with Gasteiger partial charge in [-0.3, -0.25) is 4.99 Å². The van der Waals surface area contributed by atoms with Gasteiger partial charge in [0, 0.05) is 26.0 Å². The third-order valence-corrected chi connectivity index (χ3v) is 3.68. The van der Waals surface area contributed by atoms with Crippen molar-refractivity contribution in [1.82, 2.24) is 5.32 Å². The minimum Gasteiger partial charge on any atom is -0.382 e. The average molecular weight is 246 g/mol. The molecule has 1 aliphatic heterocycles. The van der Waals surface area contributed by atoms with Crippen LogP contribution in [0.5, 0.6) is 0 Å². The molecule has 5 heteroatoms. The molecule has 2 atom stereocenters. The zero-order valence-electron chi connectivity index (χ0n) is 10.5. The maximum Gasteiger partial charge on any atom is 0.156 e. The smallest absolute Gasteiger partial charge is 0.156 e. The summed E-state index contributed by atoms with van der Waals surface area (Å²) >= 11 is 1.79. The lowest BCUT2D eigenvalue weighted by molar-refractivity contribution is 0.0344. The molecule has 0 radical (unpaired) electrons. The van der Waals surface area contributed by atoms with E-state index in [1.165, 1.54) is 0 Å². The number of nitrogens with zero attached hydrogens (tertiary/aromatic N) is 1. The normalized spacial score (nSPS) is 25.1. The molecule has 0 aromatic carbocycles. The van der Waals surface area contributed by atoms with E-state index in [2.05, 4.69) is 24.2 Å². The molecule has 0 saturated carbocycles. The Morgan fingerprint density at radius 3 is 2.75 bits per heavy atom. The molecule has 1 aliphatic rings. The van der Waals surface area contributed by atoms with E-state index < -0.39 is 0 Å². The molecule has 0 aromatic rings. The van der Waals surface area contributed by atoms with Crippen LogP contribution in [0, 0.1) is 5.92 Å². The Kier molecular flexibility index (Phi) is 6.16. The second kappa shape index (κ2) is 7.14. The van der Waals surface area contributed by atoms with Crippen LogP contribution >= 0.6 is 11.8 Å². The molecule has 16 heavy (non-hydrogen) atoms. The summed E-state index contributed by atoms with van der Waals surface area (Å²) in [5.74, 6) is 1.76. The molecule has 1 fully saturated rings. The third-order valence-electron chi connectivity index (χ3n) is 2.64. The van der Waals surface area contributed by atoms with Gasteiger partial charge in [0.05, 0.1) is 19.3 Å². The Morgan fingerprint density at radius 2 is 2.25 bits per heavy atom. The molecule has 0 aromatic heterocycles. The number of nitrogens with one attached hydrogen (secondary N) is 1. The van der Waals surface area contributed by atoms with Crippen molar-refractivity contribution in [2.75, 3.05) is 33.1 Å². The number of amidine groups is 1. The van der Waals surface area contributed by atoms with Gasteiger partial charge in [0.25, 0.3) is 0 Å². The molecule has 0 spiro atoms. The number of methoxy groups -OCH3 is 2. The Labute approximate surface area is 102 Å². The van der Waals surface area contributed by atoms with Gasteiger partial charge in [0.1, 0.15) is 0 Å². The fourth-order valence-electron chi connectivity index (χ4n) is 1.43. The molecule has 1 saturated heterocycles. The minimum absolute atomic E-state index is 0.0537. The van der Waals surface area contributed by atoms with Gasteiger partial charge >= 0.3 is 0 Å². The Bertz CT molecular complexity index is 234. The molecular weight excluding hydrogens is 224 g/mol. The molecule has 1 rings (SSSR count). The SMILES string of the molecule is COCC(CN=C1NC(C(C)C)CS1)OC. The molecule has 0 aliphatic carbocycles. The first-order valence-corrected chi connectivity index (χ1v) is 6.61. The summed E-state index contributed by atoms with van der Waals surface area (Å²) in [6.45, 7) is 5.70. The number of aliphatic imine (C=N–C) groups is 1. The van der Waals surface area contributed by atoms with E-state index in [0.29, 0.717) is 25.1 Å². The first kappa shape index (κ1) is 13.8. The predicted octanol–water partition coefficient (Wildman–Crippen LogP) is 1.36. The highest BCUT2D eigenvalue weighted by Crippen LogP contribution is 2.19. The van der Waals surface area contributed by atoms with Crippen LogP contribution in [0.1, 0.15) is 13.8 Å². The van der Waals surface area contributed by atoms with Crippen molar-refractivity contribution >= 4 is 16.9 Å². The summed E-state index contributed by atoms with van der Waals surface area (Å²) in [5, 5.41) is 4.47. The number of hydrogen-bond acceptors (Lipinski definition) is 4. The molecule has 94 valence electrons. The molecule has 2 unspecified atom stereocenters. The summed E-state index contributed by atoms with van der Waals surface area (Å²) in [7, 11) is 3.37. The Morgan fingerprint density at radius 1 is 1.50 bits per heavy atom. The van der Waals surface area contributed by atoms with Gasteiger partial charge in [-0.25, -0.2) is 0 Å². The van der Waals surface area contributed by atoms with Gasteiger partial charge in [0.2, 0.25) is 0 Å². The van der Waals surface area contributed by atoms with Crippen molar-refractivity contribution in [3.8, 4) is 0 Å². The Hall–Kier alpha value is -0.260. The van der Waals surface area contributed by atoms with E-state index >= 15 is 0 Å². The van der Waals surface area contributed by atoms with Crippen molar-refractivity contribution in [2.24, 2.45) is 10.9 Å². The van der Waals surface area contributed by atoms with E-state index in [4.69, 9.17) is 9.47 Å². The van der Waals surface area contributed by atoms with Crippen LogP contribution in [0.4, 0.5) is 0 Å². The van der Waals surface area contributed by atoms with Crippen LogP contribution in [0.2, 0.25) is 0 Å². The standard InChI is InChI=1S/C11H22N2O2S/c1-8(2)10-7-16-11(13-10)12-5-9(15-4)6-14-3/h8-10H,5-7H2,1-4H3,(H,12,13). The minimum atomic E-state index is 0.0537. The van der Waals surface area contributed by atoms with E-state index in [1.807, 2.05) is 0 Å². The van der Waals surface area contributed by atoms with Crippen molar-refractivity contribution in [2.45, 2.75) is 26.0 Å². The summed E-state index contributed by atoms with van der Waals surface area (Å²) < 4.78 is 10.3. The summed E-state index contributed by atoms with van der Waals surface area (Å²) in [6, 6.07) is 0.548. The van der Waals surface area contributed by atoms with E-state index in [1.54, 1.807) is 26.0 Å². The first-order valence-electron chi connectivity index (χ1n) is 5.62. The van der Waals surface area contributed by atoms with Crippen molar-refractivity contribution in [3.05, 3.63) is 0 Å². The molecule has 0 bridgehead atoms. The first-order chi connectivity index (χ1) is 7.67. The number of ether oxygens (including phenoxy) is 2. The maximum absolute atomic E-state index is 5.26. The van der Waals surface area contributed by atoms with Crippen LogP contribution in [0.25, 0.3) is 0 Å². The highest BCUT2D eigenvalue weighted by molar-refractivity contribution is 8.14. The average Bonchev–Trinajstić information content (AvgIpc) is 2.73. The van der Waals surface area contributed by atoms with Gasteiger partial charge in [-0.1, -0.05) is 25.6 Å².